The number of nitrogens with one attached hydrogen (secondary N) is 1. The highest BCUT2D eigenvalue weighted by molar-refractivity contribution is 5.90. The molecule has 9 heteroatoms. The second kappa shape index (κ2) is 9.53. The maximum atomic E-state index is 13.3. The van der Waals surface area contributed by atoms with Gasteiger partial charge in [0, 0.05) is 5.69 Å². The van der Waals surface area contributed by atoms with Gasteiger partial charge in [-0.25, -0.2) is 18.9 Å². The number of rotatable bonds is 7. The first-order valence-electron chi connectivity index (χ1n) is 11.5. The van der Waals surface area contributed by atoms with Gasteiger partial charge >= 0.3 is 5.69 Å². The quantitative estimate of drug-likeness (QED) is 0.363. The molecule has 0 saturated carbocycles. The number of hydrogen-bond donors (Lipinski definition) is 1. The van der Waals surface area contributed by atoms with Gasteiger partial charge in [0.15, 0.2) is 0 Å². The van der Waals surface area contributed by atoms with Gasteiger partial charge in [-0.3, -0.25) is 4.79 Å². The summed E-state index contributed by atoms with van der Waals surface area (Å²) >= 11 is 0. The third kappa shape index (κ3) is 4.50. The zero-order chi connectivity index (χ0) is 25.2. The molecule has 0 bridgehead atoms. The maximum Gasteiger partial charge on any atom is 0.351 e. The van der Waals surface area contributed by atoms with Crippen LogP contribution in [0.1, 0.15) is 25.3 Å². The monoisotopic (exact) mass is 483 g/mol. The van der Waals surface area contributed by atoms with E-state index in [0.29, 0.717) is 34.1 Å². The largest absolute Gasteiger partial charge is 0.497 e. The summed E-state index contributed by atoms with van der Waals surface area (Å²) < 4.78 is 13.7. The molecule has 0 unspecified atom stereocenters. The molecule has 2 aromatic heterocycles. The molecule has 0 atom stereocenters. The topological polar surface area (TPSA) is 99.8 Å². The van der Waals surface area contributed by atoms with E-state index in [2.05, 4.69) is 29.2 Å². The molecule has 0 aliphatic carbocycles. The van der Waals surface area contributed by atoms with E-state index >= 15 is 0 Å². The number of carbonyl (C=O) groups is 1. The molecule has 1 N–H and O–H groups in total. The van der Waals surface area contributed by atoms with Gasteiger partial charge in [0.05, 0.1) is 18.1 Å². The Morgan fingerprint density at radius 1 is 0.972 bits per heavy atom. The van der Waals surface area contributed by atoms with Gasteiger partial charge in [-0.05, 0) is 60.0 Å². The van der Waals surface area contributed by atoms with Crippen LogP contribution in [0.3, 0.4) is 0 Å². The van der Waals surface area contributed by atoms with Gasteiger partial charge in [-0.15, -0.1) is 5.10 Å². The average molecular weight is 484 g/mol. The van der Waals surface area contributed by atoms with Crippen molar-refractivity contribution in [1.82, 2.24) is 19.2 Å². The molecule has 0 aliphatic heterocycles. The lowest BCUT2D eigenvalue weighted by molar-refractivity contribution is -0.117. The Morgan fingerprint density at radius 2 is 1.67 bits per heavy atom. The SMILES string of the molecule is COc1ccc(NC(=O)Cn2nc3c(Oc4ccc(C(C)C)cc4)nc4ccccc4n3c2=O)cc1. The highest BCUT2D eigenvalue weighted by Crippen LogP contribution is 2.27. The lowest BCUT2D eigenvalue weighted by Crippen LogP contribution is -2.28. The normalized spacial score (nSPS) is 11.2. The number of fused-ring (bicyclic) bond motifs is 3. The average Bonchev–Trinajstić information content (AvgIpc) is 3.21. The van der Waals surface area contributed by atoms with Crippen LogP contribution in [0.25, 0.3) is 16.7 Å². The van der Waals surface area contributed by atoms with Gasteiger partial charge in [0.2, 0.25) is 11.6 Å². The summed E-state index contributed by atoms with van der Waals surface area (Å²) in [5.41, 5.74) is 2.67. The number of aromatic nitrogens is 4. The first-order chi connectivity index (χ1) is 17.4. The summed E-state index contributed by atoms with van der Waals surface area (Å²) in [6, 6.07) is 21.8. The second-order valence-corrected chi connectivity index (χ2v) is 8.61. The minimum absolute atomic E-state index is 0.178. The molecule has 0 saturated heterocycles. The first-order valence-corrected chi connectivity index (χ1v) is 11.5. The van der Waals surface area contributed by atoms with E-state index in [1.165, 1.54) is 9.96 Å². The maximum absolute atomic E-state index is 13.3. The fourth-order valence-electron chi connectivity index (χ4n) is 3.89. The Hall–Kier alpha value is -4.66. The molecule has 1 amide bonds. The van der Waals surface area contributed by atoms with E-state index in [1.54, 1.807) is 43.5 Å². The molecular formula is C27H25N5O4. The van der Waals surface area contributed by atoms with Crippen molar-refractivity contribution in [1.29, 1.82) is 0 Å². The van der Waals surface area contributed by atoms with Crippen LogP contribution in [0.4, 0.5) is 5.69 Å². The van der Waals surface area contributed by atoms with E-state index < -0.39 is 11.6 Å². The number of nitrogens with zero attached hydrogens (tertiary/aromatic N) is 4. The Bertz CT molecular complexity index is 1600. The number of hydrogen-bond acceptors (Lipinski definition) is 6. The molecule has 0 fully saturated rings. The van der Waals surface area contributed by atoms with E-state index in [9.17, 15) is 9.59 Å². The molecular weight excluding hydrogens is 458 g/mol. The van der Waals surface area contributed by atoms with Gasteiger partial charge < -0.3 is 14.8 Å². The lowest BCUT2D eigenvalue weighted by Gasteiger charge is -2.09. The Balaban J connectivity index is 1.50. The van der Waals surface area contributed by atoms with Crippen LogP contribution in [0.2, 0.25) is 0 Å². The number of carbonyl (C=O) groups excluding carboxylic acids is 1. The summed E-state index contributed by atoms with van der Waals surface area (Å²) in [5, 5.41) is 7.18. The molecule has 3 aromatic carbocycles. The minimum atomic E-state index is -0.464. The van der Waals surface area contributed by atoms with Gasteiger partial charge in [0.25, 0.3) is 5.88 Å². The van der Waals surface area contributed by atoms with E-state index in [1.807, 2.05) is 36.4 Å². The summed E-state index contributed by atoms with van der Waals surface area (Å²) in [6.45, 7) is 3.96. The van der Waals surface area contributed by atoms with Crippen molar-refractivity contribution in [2.45, 2.75) is 26.3 Å². The predicted molar refractivity (Wildman–Crippen MR) is 137 cm³/mol. The van der Waals surface area contributed by atoms with E-state index in [4.69, 9.17) is 9.47 Å². The Kier molecular flexibility index (Phi) is 6.12. The molecule has 36 heavy (non-hydrogen) atoms. The Morgan fingerprint density at radius 3 is 2.36 bits per heavy atom. The van der Waals surface area contributed by atoms with Crippen LogP contribution in [0.15, 0.2) is 77.6 Å². The third-order valence-electron chi connectivity index (χ3n) is 5.80. The van der Waals surface area contributed by atoms with Gasteiger partial charge in [-0.1, -0.05) is 38.1 Å². The highest BCUT2D eigenvalue weighted by atomic mass is 16.5. The van der Waals surface area contributed by atoms with Crippen molar-refractivity contribution < 1.29 is 14.3 Å². The number of ether oxygens (including phenoxy) is 2. The highest BCUT2D eigenvalue weighted by Gasteiger charge is 2.19. The molecule has 5 rings (SSSR count). The van der Waals surface area contributed by atoms with Gasteiger partial charge in [0.1, 0.15) is 18.0 Å². The van der Waals surface area contributed by atoms with Crippen molar-refractivity contribution in [3.05, 3.63) is 88.8 Å². The van der Waals surface area contributed by atoms with Crippen LogP contribution >= 0.6 is 0 Å². The Labute approximate surface area is 206 Å². The lowest BCUT2D eigenvalue weighted by atomic mass is 10.0. The van der Waals surface area contributed by atoms with Crippen molar-refractivity contribution in [3.8, 4) is 17.4 Å². The fourth-order valence-corrected chi connectivity index (χ4v) is 3.89. The van der Waals surface area contributed by atoms with Crippen molar-refractivity contribution in [2.75, 3.05) is 12.4 Å². The number of benzene rings is 3. The molecule has 0 spiro atoms. The van der Waals surface area contributed by atoms with Crippen LogP contribution in [-0.4, -0.2) is 32.2 Å². The molecule has 9 nitrogen and oxygen atoms in total. The van der Waals surface area contributed by atoms with Crippen LogP contribution in [0, 0.1) is 0 Å². The predicted octanol–water partition coefficient (Wildman–Crippen LogP) is 4.61. The summed E-state index contributed by atoms with van der Waals surface area (Å²) in [5.74, 6) is 1.42. The molecule has 0 aliphatic rings. The van der Waals surface area contributed by atoms with Crippen molar-refractivity contribution in [2.24, 2.45) is 0 Å². The molecule has 182 valence electrons. The zero-order valence-electron chi connectivity index (χ0n) is 20.1. The minimum Gasteiger partial charge on any atom is -0.497 e. The van der Waals surface area contributed by atoms with Crippen molar-refractivity contribution in [3.63, 3.8) is 0 Å². The molecule has 5 aromatic rings. The van der Waals surface area contributed by atoms with Crippen molar-refractivity contribution >= 4 is 28.3 Å². The fraction of sp³-hybridized carbons (Fsp3) is 0.185. The third-order valence-corrected chi connectivity index (χ3v) is 5.80. The van der Waals surface area contributed by atoms with E-state index in [0.717, 1.165) is 4.68 Å². The number of methoxy groups -OCH3 is 1. The zero-order valence-corrected chi connectivity index (χ0v) is 20.1. The number of anilines is 1. The second-order valence-electron chi connectivity index (χ2n) is 8.61. The van der Waals surface area contributed by atoms with Crippen LogP contribution in [-0.2, 0) is 11.3 Å². The molecule has 2 heterocycles. The first kappa shape index (κ1) is 23.1. The summed E-state index contributed by atoms with van der Waals surface area (Å²) in [6.07, 6.45) is 0. The van der Waals surface area contributed by atoms with Crippen LogP contribution in [0.5, 0.6) is 17.4 Å². The van der Waals surface area contributed by atoms with E-state index in [-0.39, 0.29) is 18.1 Å². The van der Waals surface area contributed by atoms with Crippen LogP contribution < -0.4 is 20.5 Å². The van der Waals surface area contributed by atoms with Gasteiger partial charge in [-0.2, -0.15) is 0 Å². The summed E-state index contributed by atoms with van der Waals surface area (Å²) in [7, 11) is 1.57. The standard InChI is InChI=1S/C27H25N5O4/c1-17(2)18-8-12-21(13-9-18)36-26-25-30-31(16-24(33)28-19-10-14-20(35-3)15-11-19)27(34)32(25)23-7-5-4-6-22(23)29-26/h4-15,17H,16H2,1-3H3,(H,28,33). The summed E-state index contributed by atoms with van der Waals surface area (Å²) in [4.78, 5) is 30.6. The smallest absolute Gasteiger partial charge is 0.351 e. The number of amides is 1. The number of para-hydroxylation sites is 2. The molecule has 0 radical (unpaired) electrons.